The number of halogens is 1. The number of allylic oxidation sites excluding steroid dienone is 1. The fourth-order valence-corrected chi connectivity index (χ4v) is 4.73. The molecular formula is C14H14ClN5O5S2. The summed E-state index contributed by atoms with van der Waals surface area (Å²) >= 11 is 8.11. The quantitative estimate of drug-likeness (QED) is 0.229. The summed E-state index contributed by atoms with van der Waals surface area (Å²) in [5, 5.41) is 24.1. The molecule has 2 amide bonds. The third-order valence-electron chi connectivity index (χ3n) is 4.27. The summed E-state index contributed by atoms with van der Waals surface area (Å²) in [4.78, 5) is 42.1. The Kier molecular flexibility index (Phi) is 5.31. The van der Waals surface area contributed by atoms with Crippen LogP contribution in [0, 0.1) is 0 Å². The van der Waals surface area contributed by atoms with E-state index in [9.17, 15) is 24.7 Å². The lowest BCUT2D eigenvalue weighted by Crippen LogP contribution is -2.72. The number of carbonyl (C=O) groups is 3. The number of nitrogens with zero attached hydrogens (tertiary/aromatic N) is 3. The van der Waals surface area contributed by atoms with Crippen LogP contribution in [0.2, 0.25) is 4.34 Å². The lowest BCUT2D eigenvalue weighted by Gasteiger charge is -2.50. The number of rotatable bonds is 5. The Labute approximate surface area is 166 Å². The first-order valence-electron chi connectivity index (χ1n) is 7.58. The largest absolute Gasteiger partial charge is 0.477 e. The molecule has 0 aromatic carbocycles. The monoisotopic (exact) mass is 431 g/mol. The fourth-order valence-electron chi connectivity index (χ4n) is 3.10. The SMILES string of the molecule is CSC1=C(C(=O)O)N2C(=O)[C@@H](NC(=O)/C(=N/O)c3nc(N)sc3Cl)C2CC1. The highest BCUT2D eigenvalue weighted by molar-refractivity contribution is 8.02. The first-order chi connectivity index (χ1) is 12.8. The van der Waals surface area contributed by atoms with Crippen molar-refractivity contribution >= 4 is 63.3 Å². The number of nitrogens with two attached hydrogens (primary N) is 1. The Hall–Kier alpha value is -2.31. The zero-order chi connectivity index (χ0) is 19.9. The molecule has 2 aliphatic heterocycles. The number of carboxylic acid groups (broad SMARTS) is 1. The second kappa shape index (κ2) is 7.37. The highest BCUT2D eigenvalue weighted by Gasteiger charge is 2.53. The molecule has 1 saturated heterocycles. The normalized spacial score (nSPS) is 22.4. The number of oxime groups is 1. The summed E-state index contributed by atoms with van der Waals surface area (Å²) in [5.74, 6) is -2.60. The summed E-state index contributed by atoms with van der Waals surface area (Å²) in [6.07, 6.45) is 2.73. The molecule has 0 bridgehead atoms. The summed E-state index contributed by atoms with van der Waals surface area (Å²) in [6.45, 7) is 0. The van der Waals surface area contributed by atoms with Crippen molar-refractivity contribution in [2.24, 2.45) is 5.16 Å². The maximum absolute atomic E-state index is 12.5. The molecule has 2 atom stereocenters. The van der Waals surface area contributed by atoms with Gasteiger partial charge in [-0.15, -0.1) is 11.8 Å². The number of amides is 2. The van der Waals surface area contributed by atoms with E-state index in [4.69, 9.17) is 17.3 Å². The molecule has 1 aromatic rings. The van der Waals surface area contributed by atoms with Crippen molar-refractivity contribution in [1.82, 2.24) is 15.2 Å². The van der Waals surface area contributed by atoms with Gasteiger partial charge in [0.15, 0.2) is 10.8 Å². The molecule has 0 aliphatic carbocycles. The van der Waals surface area contributed by atoms with Gasteiger partial charge in [0.1, 0.15) is 21.8 Å². The second-order valence-corrected chi connectivity index (χ2v) is 8.20. The van der Waals surface area contributed by atoms with Gasteiger partial charge in [-0.1, -0.05) is 28.1 Å². The van der Waals surface area contributed by atoms with Crippen LogP contribution in [0.15, 0.2) is 15.8 Å². The summed E-state index contributed by atoms with van der Waals surface area (Å²) in [7, 11) is 0. The van der Waals surface area contributed by atoms with Crippen LogP contribution in [0.5, 0.6) is 0 Å². The molecule has 10 nitrogen and oxygen atoms in total. The highest BCUT2D eigenvalue weighted by Crippen LogP contribution is 2.40. The molecule has 1 aromatic heterocycles. The average molecular weight is 432 g/mol. The van der Waals surface area contributed by atoms with Gasteiger partial charge in [0.25, 0.3) is 11.8 Å². The average Bonchev–Trinajstić information content (AvgIpc) is 2.96. The zero-order valence-electron chi connectivity index (χ0n) is 13.8. The maximum atomic E-state index is 12.5. The third-order valence-corrected chi connectivity index (χ3v) is 6.24. The van der Waals surface area contributed by atoms with E-state index in [2.05, 4.69) is 15.5 Å². The Bertz CT molecular complexity index is 898. The molecule has 0 spiro atoms. The van der Waals surface area contributed by atoms with E-state index in [0.29, 0.717) is 17.7 Å². The molecule has 5 N–H and O–H groups in total. The van der Waals surface area contributed by atoms with Gasteiger partial charge in [0.05, 0.1) is 6.04 Å². The number of nitrogens with one attached hydrogen (secondary N) is 1. The lowest BCUT2D eigenvalue weighted by atomic mass is 9.86. The highest BCUT2D eigenvalue weighted by atomic mass is 35.5. The minimum Gasteiger partial charge on any atom is -0.477 e. The van der Waals surface area contributed by atoms with Gasteiger partial charge in [-0.3, -0.25) is 14.5 Å². The molecule has 2 aliphatic rings. The van der Waals surface area contributed by atoms with Gasteiger partial charge >= 0.3 is 5.97 Å². The van der Waals surface area contributed by atoms with Gasteiger partial charge in [0.2, 0.25) is 0 Å². The number of fused-ring (bicyclic) bond motifs is 1. The number of nitrogen functional groups attached to an aromatic ring is 1. The van der Waals surface area contributed by atoms with E-state index in [-0.39, 0.29) is 20.9 Å². The predicted molar refractivity (Wildman–Crippen MR) is 99.8 cm³/mol. The van der Waals surface area contributed by atoms with Crippen LogP contribution in [0.4, 0.5) is 5.13 Å². The Morgan fingerprint density at radius 3 is 2.74 bits per heavy atom. The number of aliphatic carboxylic acids is 1. The van der Waals surface area contributed by atoms with Crippen molar-refractivity contribution < 1.29 is 24.7 Å². The van der Waals surface area contributed by atoms with E-state index in [0.717, 1.165) is 11.3 Å². The van der Waals surface area contributed by atoms with Gasteiger partial charge in [-0.25, -0.2) is 9.78 Å². The zero-order valence-corrected chi connectivity index (χ0v) is 16.2. The number of hydrogen-bond donors (Lipinski definition) is 4. The summed E-state index contributed by atoms with van der Waals surface area (Å²) in [6, 6.07) is -1.42. The molecule has 1 unspecified atom stereocenters. The molecule has 0 radical (unpaired) electrons. The van der Waals surface area contributed by atoms with E-state index in [1.54, 1.807) is 6.26 Å². The number of anilines is 1. The van der Waals surface area contributed by atoms with Crippen LogP contribution in [0.1, 0.15) is 18.5 Å². The van der Waals surface area contributed by atoms with Gasteiger partial charge in [-0.05, 0) is 19.1 Å². The van der Waals surface area contributed by atoms with E-state index in [1.165, 1.54) is 16.7 Å². The summed E-state index contributed by atoms with van der Waals surface area (Å²) in [5.41, 5.74) is 4.89. The number of thiazole rings is 1. The van der Waals surface area contributed by atoms with Gasteiger partial charge < -0.3 is 21.4 Å². The van der Waals surface area contributed by atoms with Crippen LogP contribution in [0.3, 0.4) is 0 Å². The van der Waals surface area contributed by atoms with Crippen molar-refractivity contribution in [1.29, 1.82) is 0 Å². The first kappa shape index (κ1) is 19.5. The first-order valence-corrected chi connectivity index (χ1v) is 10.0. The molecule has 3 rings (SSSR count). The van der Waals surface area contributed by atoms with E-state index >= 15 is 0 Å². The van der Waals surface area contributed by atoms with Gasteiger partial charge in [-0.2, -0.15) is 0 Å². The molecular weight excluding hydrogens is 418 g/mol. The minimum atomic E-state index is -1.19. The third kappa shape index (κ3) is 3.24. The van der Waals surface area contributed by atoms with Crippen molar-refractivity contribution in [2.45, 2.75) is 24.9 Å². The van der Waals surface area contributed by atoms with Crippen LogP contribution in [-0.2, 0) is 14.4 Å². The molecule has 3 heterocycles. The van der Waals surface area contributed by atoms with Crippen LogP contribution in [0.25, 0.3) is 0 Å². The number of thioether (sulfide) groups is 1. The number of carboxylic acids is 1. The van der Waals surface area contributed by atoms with Crippen molar-refractivity contribution in [3.8, 4) is 0 Å². The Balaban J connectivity index is 1.79. The van der Waals surface area contributed by atoms with Crippen molar-refractivity contribution in [2.75, 3.05) is 12.0 Å². The molecule has 1 fully saturated rings. The van der Waals surface area contributed by atoms with Gasteiger partial charge in [0, 0.05) is 4.91 Å². The second-order valence-electron chi connectivity index (χ2n) is 5.67. The van der Waals surface area contributed by atoms with Crippen molar-refractivity contribution in [3.05, 3.63) is 20.6 Å². The Morgan fingerprint density at radius 1 is 1.52 bits per heavy atom. The minimum absolute atomic E-state index is 0.0550. The Morgan fingerprint density at radius 2 is 2.22 bits per heavy atom. The molecule has 27 heavy (non-hydrogen) atoms. The molecule has 144 valence electrons. The van der Waals surface area contributed by atoms with E-state index < -0.39 is 35.6 Å². The van der Waals surface area contributed by atoms with Crippen molar-refractivity contribution in [3.63, 3.8) is 0 Å². The standard InChI is InChI=1S/C14H14ClN5O5S2/c1-26-5-3-2-4-6(12(22)20(4)9(5)13(23)24)17-11(21)8(19-25)7-10(15)27-14(16)18-7/h4,6,25H,2-3H2,1H3,(H2,16,18)(H,17,21)(H,23,24)/b19-8+/t4?,6-/m0/s1. The number of aromatic nitrogens is 1. The van der Waals surface area contributed by atoms with E-state index in [1.807, 2.05) is 0 Å². The smallest absolute Gasteiger partial charge is 0.353 e. The number of carbonyl (C=O) groups excluding carboxylic acids is 2. The summed E-state index contributed by atoms with van der Waals surface area (Å²) < 4.78 is 0.0652. The predicted octanol–water partition coefficient (Wildman–Crippen LogP) is 0.706. The molecule has 13 heteroatoms. The van der Waals surface area contributed by atoms with Crippen LogP contribution in [-0.4, -0.2) is 62.0 Å². The topological polar surface area (TPSA) is 158 Å². The maximum Gasteiger partial charge on any atom is 0.353 e. The number of hydrogen-bond acceptors (Lipinski definition) is 9. The van der Waals surface area contributed by atoms with Crippen LogP contribution < -0.4 is 11.1 Å². The fraction of sp³-hybridized carbons (Fsp3) is 0.357. The number of β-lactam (4-membered cyclic amide) rings is 1. The van der Waals surface area contributed by atoms with Crippen LogP contribution >= 0.6 is 34.7 Å². The molecule has 0 saturated carbocycles. The lowest BCUT2D eigenvalue weighted by molar-refractivity contribution is -0.155.